The van der Waals surface area contributed by atoms with Crippen LogP contribution in [0.4, 0.5) is 0 Å². The Balaban J connectivity index is 1.97. The predicted octanol–water partition coefficient (Wildman–Crippen LogP) is 2.38. The summed E-state index contributed by atoms with van der Waals surface area (Å²) in [6.07, 6.45) is 5.53. The molecule has 1 N–H and O–H groups in total. The standard InChI is InChI=1S/C15H21N3O/c1-3-16-11-14-6-4-5-13(2)15(14)19-10-9-18-8-7-17-12-18/h4-8,12,16H,3,9-11H2,1-2H3. The SMILES string of the molecule is CCNCc1cccc(C)c1OCCn1ccnc1. The van der Waals surface area contributed by atoms with Crippen molar-refractivity contribution in [3.8, 4) is 5.75 Å². The van der Waals surface area contributed by atoms with Crippen LogP contribution in [0.2, 0.25) is 0 Å². The van der Waals surface area contributed by atoms with Gasteiger partial charge in [-0.1, -0.05) is 25.1 Å². The zero-order chi connectivity index (χ0) is 13.5. The quantitative estimate of drug-likeness (QED) is 0.829. The van der Waals surface area contributed by atoms with Gasteiger partial charge in [-0.05, 0) is 19.0 Å². The lowest BCUT2D eigenvalue weighted by molar-refractivity contribution is 0.293. The van der Waals surface area contributed by atoms with Gasteiger partial charge in [0.25, 0.3) is 0 Å². The molecule has 2 rings (SSSR count). The zero-order valence-electron chi connectivity index (χ0n) is 11.6. The molecule has 0 saturated heterocycles. The molecule has 2 aromatic rings. The molecule has 4 heteroatoms. The Morgan fingerprint density at radius 2 is 2.26 bits per heavy atom. The maximum absolute atomic E-state index is 5.95. The van der Waals surface area contributed by atoms with E-state index in [2.05, 4.69) is 42.3 Å². The van der Waals surface area contributed by atoms with Gasteiger partial charge in [-0.25, -0.2) is 4.98 Å². The lowest BCUT2D eigenvalue weighted by Gasteiger charge is -2.14. The average molecular weight is 259 g/mol. The van der Waals surface area contributed by atoms with Crippen LogP contribution in [0.3, 0.4) is 0 Å². The van der Waals surface area contributed by atoms with Gasteiger partial charge in [0.15, 0.2) is 0 Å². The fourth-order valence-corrected chi connectivity index (χ4v) is 1.99. The van der Waals surface area contributed by atoms with E-state index in [4.69, 9.17) is 4.74 Å². The van der Waals surface area contributed by atoms with Gasteiger partial charge >= 0.3 is 0 Å². The first kappa shape index (κ1) is 13.6. The van der Waals surface area contributed by atoms with E-state index in [1.807, 2.05) is 10.8 Å². The Bertz CT molecular complexity index is 494. The van der Waals surface area contributed by atoms with Crippen LogP contribution in [0, 0.1) is 6.92 Å². The highest BCUT2D eigenvalue weighted by Gasteiger charge is 2.06. The van der Waals surface area contributed by atoms with E-state index in [1.165, 1.54) is 11.1 Å². The highest BCUT2D eigenvalue weighted by atomic mass is 16.5. The molecule has 102 valence electrons. The van der Waals surface area contributed by atoms with E-state index < -0.39 is 0 Å². The second-order valence-electron chi connectivity index (χ2n) is 4.49. The van der Waals surface area contributed by atoms with Crippen LogP contribution < -0.4 is 10.1 Å². The van der Waals surface area contributed by atoms with Crippen LogP contribution >= 0.6 is 0 Å². The van der Waals surface area contributed by atoms with E-state index in [9.17, 15) is 0 Å². The first-order chi connectivity index (χ1) is 9.31. The number of para-hydroxylation sites is 1. The molecule has 0 aliphatic carbocycles. The summed E-state index contributed by atoms with van der Waals surface area (Å²) in [6, 6.07) is 6.27. The van der Waals surface area contributed by atoms with Crippen molar-refractivity contribution in [2.24, 2.45) is 0 Å². The summed E-state index contributed by atoms with van der Waals surface area (Å²) in [6.45, 7) is 7.47. The van der Waals surface area contributed by atoms with Crippen molar-refractivity contribution < 1.29 is 4.74 Å². The Labute approximate surface area is 114 Å². The molecular weight excluding hydrogens is 238 g/mol. The molecule has 0 amide bonds. The minimum absolute atomic E-state index is 0.653. The first-order valence-electron chi connectivity index (χ1n) is 6.69. The Kier molecular flexibility index (Phi) is 4.98. The third-order valence-electron chi connectivity index (χ3n) is 3.01. The third kappa shape index (κ3) is 3.83. The number of nitrogens with one attached hydrogen (secondary N) is 1. The number of hydrogen-bond acceptors (Lipinski definition) is 3. The molecule has 0 unspecified atom stereocenters. The van der Waals surface area contributed by atoms with Crippen LogP contribution in [0.5, 0.6) is 5.75 Å². The van der Waals surface area contributed by atoms with Crippen LogP contribution in [0.25, 0.3) is 0 Å². The molecule has 0 aliphatic heterocycles. The van der Waals surface area contributed by atoms with Crippen LogP contribution in [-0.2, 0) is 13.1 Å². The molecule has 1 aromatic heterocycles. The Morgan fingerprint density at radius 3 is 3.00 bits per heavy atom. The first-order valence-corrected chi connectivity index (χ1v) is 6.69. The van der Waals surface area contributed by atoms with E-state index in [-0.39, 0.29) is 0 Å². The van der Waals surface area contributed by atoms with E-state index in [1.54, 1.807) is 12.5 Å². The number of ether oxygens (including phenoxy) is 1. The van der Waals surface area contributed by atoms with Crippen molar-refractivity contribution in [2.45, 2.75) is 26.9 Å². The molecule has 0 spiro atoms. The predicted molar refractivity (Wildman–Crippen MR) is 76.3 cm³/mol. The molecular formula is C15H21N3O. The minimum Gasteiger partial charge on any atom is -0.491 e. The normalized spacial score (nSPS) is 10.6. The summed E-state index contributed by atoms with van der Waals surface area (Å²) in [5, 5.41) is 3.34. The fourth-order valence-electron chi connectivity index (χ4n) is 1.99. The molecule has 0 aliphatic rings. The second kappa shape index (κ2) is 6.95. The fraction of sp³-hybridized carbons (Fsp3) is 0.400. The summed E-state index contributed by atoms with van der Waals surface area (Å²) < 4.78 is 7.97. The van der Waals surface area contributed by atoms with Gasteiger partial charge in [-0.3, -0.25) is 0 Å². The summed E-state index contributed by atoms with van der Waals surface area (Å²) >= 11 is 0. The summed E-state index contributed by atoms with van der Waals surface area (Å²) in [5.74, 6) is 1.00. The third-order valence-corrected chi connectivity index (χ3v) is 3.01. The monoisotopic (exact) mass is 259 g/mol. The molecule has 0 atom stereocenters. The summed E-state index contributed by atoms with van der Waals surface area (Å²) in [7, 11) is 0. The van der Waals surface area contributed by atoms with Crippen molar-refractivity contribution in [1.29, 1.82) is 0 Å². The van der Waals surface area contributed by atoms with E-state index >= 15 is 0 Å². The number of benzene rings is 1. The number of aromatic nitrogens is 2. The number of hydrogen-bond donors (Lipinski definition) is 1. The van der Waals surface area contributed by atoms with Crippen molar-refractivity contribution in [1.82, 2.24) is 14.9 Å². The maximum Gasteiger partial charge on any atom is 0.126 e. The Morgan fingerprint density at radius 1 is 1.37 bits per heavy atom. The van der Waals surface area contributed by atoms with Crippen molar-refractivity contribution in [3.05, 3.63) is 48.0 Å². The van der Waals surface area contributed by atoms with Gasteiger partial charge in [0.05, 0.1) is 12.9 Å². The molecule has 0 radical (unpaired) electrons. The van der Waals surface area contributed by atoms with Gasteiger partial charge in [0, 0.05) is 24.5 Å². The smallest absolute Gasteiger partial charge is 0.126 e. The number of aryl methyl sites for hydroxylation is 1. The molecule has 19 heavy (non-hydrogen) atoms. The summed E-state index contributed by atoms with van der Waals surface area (Å²) in [4.78, 5) is 4.02. The molecule has 0 bridgehead atoms. The number of imidazole rings is 1. The zero-order valence-corrected chi connectivity index (χ0v) is 11.6. The van der Waals surface area contributed by atoms with Crippen molar-refractivity contribution in [2.75, 3.05) is 13.2 Å². The van der Waals surface area contributed by atoms with Gasteiger partial charge in [0.1, 0.15) is 12.4 Å². The van der Waals surface area contributed by atoms with Gasteiger partial charge in [-0.15, -0.1) is 0 Å². The number of rotatable bonds is 7. The number of nitrogens with zero attached hydrogens (tertiary/aromatic N) is 2. The molecule has 1 heterocycles. The lowest BCUT2D eigenvalue weighted by Crippen LogP contribution is -2.14. The van der Waals surface area contributed by atoms with Gasteiger partial charge in [-0.2, -0.15) is 0 Å². The van der Waals surface area contributed by atoms with Crippen LogP contribution in [0.1, 0.15) is 18.1 Å². The minimum atomic E-state index is 0.653. The average Bonchev–Trinajstić information content (AvgIpc) is 2.92. The lowest BCUT2D eigenvalue weighted by atomic mass is 10.1. The molecule has 0 fully saturated rings. The molecule has 1 aromatic carbocycles. The molecule has 0 saturated carbocycles. The van der Waals surface area contributed by atoms with Gasteiger partial charge < -0.3 is 14.6 Å². The highest BCUT2D eigenvalue weighted by Crippen LogP contribution is 2.23. The molecule has 4 nitrogen and oxygen atoms in total. The maximum atomic E-state index is 5.95. The van der Waals surface area contributed by atoms with Crippen molar-refractivity contribution in [3.63, 3.8) is 0 Å². The van der Waals surface area contributed by atoms with Gasteiger partial charge in [0.2, 0.25) is 0 Å². The summed E-state index contributed by atoms with van der Waals surface area (Å²) in [5.41, 5.74) is 2.40. The highest BCUT2D eigenvalue weighted by molar-refractivity contribution is 5.40. The van der Waals surface area contributed by atoms with E-state index in [0.29, 0.717) is 6.61 Å². The second-order valence-corrected chi connectivity index (χ2v) is 4.49. The topological polar surface area (TPSA) is 39.1 Å². The van der Waals surface area contributed by atoms with E-state index in [0.717, 1.165) is 25.4 Å². The Hall–Kier alpha value is -1.81. The largest absolute Gasteiger partial charge is 0.491 e. The van der Waals surface area contributed by atoms with Crippen molar-refractivity contribution >= 4 is 0 Å². The van der Waals surface area contributed by atoms with Crippen LogP contribution in [0.15, 0.2) is 36.9 Å². The van der Waals surface area contributed by atoms with Crippen LogP contribution in [-0.4, -0.2) is 22.7 Å².